The Kier molecular flexibility index (Phi) is 12.9. The molecule has 248 valence electrons. The van der Waals surface area contributed by atoms with Crippen LogP contribution in [0, 0.1) is 5.82 Å². The molecule has 0 bridgehead atoms. The number of H-pyrrole nitrogens is 1. The topological polar surface area (TPSA) is 177 Å². The lowest BCUT2D eigenvalue weighted by molar-refractivity contribution is -0.152. The van der Waals surface area contributed by atoms with Crippen LogP contribution in [0.4, 0.5) is 20.6 Å². The first kappa shape index (κ1) is 36.7. The number of ether oxygens (including phenoxy) is 3. The first-order valence-corrected chi connectivity index (χ1v) is 14.5. The summed E-state index contributed by atoms with van der Waals surface area (Å²) in [6, 6.07) is 5.76. The van der Waals surface area contributed by atoms with E-state index >= 15 is 4.39 Å². The molecule has 2 fully saturated rings. The van der Waals surface area contributed by atoms with E-state index in [2.05, 4.69) is 9.97 Å². The molecule has 2 aromatic heterocycles. The van der Waals surface area contributed by atoms with Gasteiger partial charge >= 0.3 is 12.1 Å². The molecule has 14 nitrogen and oxygen atoms in total. The van der Waals surface area contributed by atoms with E-state index in [1.165, 1.54) is 41.7 Å². The molecule has 0 radical (unpaired) electrons. The summed E-state index contributed by atoms with van der Waals surface area (Å²) >= 11 is 6.90. The molecular formula is C27H28Cl3FN6O8S. The van der Waals surface area contributed by atoms with E-state index in [9.17, 15) is 24.0 Å². The van der Waals surface area contributed by atoms with Gasteiger partial charge in [0.2, 0.25) is 0 Å². The molecule has 4 heterocycles. The maximum atomic E-state index is 15.2. The van der Waals surface area contributed by atoms with Gasteiger partial charge in [0.1, 0.15) is 24.6 Å². The second kappa shape index (κ2) is 16.2. The van der Waals surface area contributed by atoms with E-state index in [1.807, 2.05) is 0 Å². The van der Waals surface area contributed by atoms with Gasteiger partial charge in [-0.2, -0.15) is 0 Å². The van der Waals surface area contributed by atoms with E-state index < -0.39 is 55.0 Å². The number of hydrogen-bond donors (Lipinski definition) is 2. The van der Waals surface area contributed by atoms with Crippen molar-refractivity contribution in [3.05, 3.63) is 63.6 Å². The zero-order valence-electron chi connectivity index (χ0n) is 23.8. The quantitative estimate of drug-likeness (QED) is 0.296. The molecule has 2 aliphatic heterocycles. The van der Waals surface area contributed by atoms with Crippen LogP contribution in [0.25, 0.3) is 0 Å². The Morgan fingerprint density at radius 1 is 1.22 bits per heavy atom. The molecule has 2 saturated heterocycles. The lowest BCUT2D eigenvalue weighted by Crippen LogP contribution is -2.45. The SMILES string of the molecule is Cl.Cl.N[C@@H](Cc1cnc[nH]1)C(=O)OCC(=O)N(C[C@H]1CN(c2ccc(N3CCOCC3=O)cc2F)C(=O)O1)C(=O)c1ccc(Cl)s1. The predicted octanol–water partition coefficient (Wildman–Crippen LogP) is 2.58. The number of esters is 1. The van der Waals surface area contributed by atoms with Crippen LogP contribution >= 0.6 is 47.8 Å². The normalized spacial score (nSPS) is 16.6. The number of amides is 4. The van der Waals surface area contributed by atoms with Crippen molar-refractivity contribution in [2.75, 3.05) is 49.3 Å². The number of nitrogens with two attached hydrogens (primary N) is 1. The number of nitrogens with one attached hydrogen (secondary N) is 1. The second-order valence-electron chi connectivity index (χ2n) is 9.76. The number of nitrogens with zero attached hydrogens (tertiary/aromatic N) is 4. The van der Waals surface area contributed by atoms with E-state index in [0.29, 0.717) is 22.3 Å². The molecule has 0 unspecified atom stereocenters. The molecule has 0 saturated carbocycles. The molecule has 0 spiro atoms. The van der Waals surface area contributed by atoms with E-state index in [0.717, 1.165) is 27.2 Å². The molecule has 4 amide bonds. The smallest absolute Gasteiger partial charge is 0.414 e. The number of thiophene rings is 1. The van der Waals surface area contributed by atoms with Gasteiger partial charge in [0, 0.05) is 30.5 Å². The Labute approximate surface area is 282 Å². The second-order valence-corrected chi connectivity index (χ2v) is 11.5. The number of halogens is 4. The number of anilines is 2. The highest BCUT2D eigenvalue weighted by Crippen LogP contribution is 2.30. The van der Waals surface area contributed by atoms with Crippen LogP contribution in [-0.4, -0.2) is 96.3 Å². The third-order valence-corrected chi connectivity index (χ3v) is 7.96. The van der Waals surface area contributed by atoms with Crippen molar-refractivity contribution in [2.45, 2.75) is 18.6 Å². The van der Waals surface area contributed by atoms with Gasteiger partial charge in [0.25, 0.3) is 17.7 Å². The minimum atomic E-state index is -1.10. The largest absolute Gasteiger partial charge is 0.454 e. The zero-order valence-corrected chi connectivity index (χ0v) is 27.0. The maximum absolute atomic E-state index is 15.2. The Bertz CT molecular complexity index is 1580. The number of cyclic esters (lactones) is 1. The fraction of sp³-hybridized carbons (Fsp3) is 0.333. The van der Waals surface area contributed by atoms with Gasteiger partial charge < -0.3 is 29.8 Å². The molecule has 3 N–H and O–H groups in total. The number of morpholine rings is 1. The van der Waals surface area contributed by atoms with E-state index in [4.69, 9.17) is 31.5 Å². The highest BCUT2D eigenvalue weighted by atomic mass is 35.5. The third kappa shape index (κ3) is 8.51. The van der Waals surface area contributed by atoms with Gasteiger partial charge in [0.05, 0.1) is 40.9 Å². The van der Waals surface area contributed by atoms with Crippen molar-refractivity contribution in [1.29, 1.82) is 0 Å². The summed E-state index contributed by atoms with van der Waals surface area (Å²) in [7, 11) is 0. The highest BCUT2D eigenvalue weighted by molar-refractivity contribution is 7.18. The van der Waals surface area contributed by atoms with Crippen LogP contribution in [-0.2, 0) is 35.0 Å². The highest BCUT2D eigenvalue weighted by Gasteiger charge is 2.38. The minimum Gasteiger partial charge on any atom is -0.454 e. The molecule has 3 aromatic rings. The van der Waals surface area contributed by atoms with Crippen LogP contribution in [0.15, 0.2) is 42.9 Å². The summed E-state index contributed by atoms with van der Waals surface area (Å²) < 4.78 is 31.0. The monoisotopic (exact) mass is 720 g/mol. The molecule has 1 aromatic carbocycles. The van der Waals surface area contributed by atoms with Gasteiger partial charge in [-0.15, -0.1) is 36.2 Å². The molecule has 46 heavy (non-hydrogen) atoms. The van der Waals surface area contributed by atoms with Crippen LogP contribution in [0.5, 0.6) is 0 Å². The van der Waals surface area contributed by atoms with E-state index in [-0.39, 0.29) is 67.4 Å². The average molecular weight is 722 g/mol. The summed E-state index contributed by atoms with van der Waals surface area (Å²) in [6.45, 7) is -1.01. The zero-order chi connectivity index (χ0) is 31.4. The van der Waals surface area contributed by atoms with Gasteiger partial charge in [0.15, 0.2) is 6.61 Å². The van der Waals surface area contributed by atoms with Crippen molar-refractivity contribution in [2.24, 2.45) is 5.73 Å². The van der Waals surface area contributed by atoms with Crippen LogP contribution in [0.2, 0.25) is 4.34 Å². The van der Waals surface area contributed by atoms with Crippen LogP contribution < -0.4 is 15.5 Å². The van der Waals surface area contributed by atoms with Crippen LogP contribution in [0.1, 0.15) is 15.4 Å². The van der Waals surface area contributed by atoms with Gasteiger partial charge in [-0.05, 0) is 30.3 Å². The number of imidazole rings is 1. The van der Waals surface area contributed by atoms with Gasteiger partial charge in [-0.3, -0.25) is 29.0 Å². The van der Waals surface area contributed by atoms with Crippen LogP contribution in [0.3, 0.4) is 0 Å². The number of rotatable bonds is 10. The molecule has 2 atom stereocenters. The maximum Gasteiger partial charge on any atom is 0.414 e. The third-order valence-electron chi connectivity index (χ3n) is 6.75. The summed E-state index contributed by atoms with van der Waals surface area (Å²) in [5.41, 5.74) is 6.64. The van der Waals surface area contributed by atoms with E-state index in [1.54, 1.807) is 0 Å². The van der Waals surface area contributed by atoms with Crippen molar-refractivity contribution in [3.8, 4) is 0 Å². The molecule has 0 aliphatic carbocycles. The summed E-state index contributed by atoms with van der Waals surface area (Å²) in [6.07, 6.45) is 1.04. The van der Waals surface area contributed by atoms with Gasteiger partial charge in [-0.25, -0.2) is 14.2 Å². The molecule has 19 heteroatoms. The number of carbonyl (C=O) groups is 5. The summed E-state index contributed by atoms with van der Waals surface area (Å²) in [4.78, 5) is 73.7. The van der Waals surface area contributed by atoms with Gasteiger partial charge in [-0.1, -0.05) is 11.6 Å². The summed E-state index contributed by atoms with van der Waals surface area (Å²) in [5, 5.41) is 0. The molecule has 5 rings (SSSR count). The number of aromatic amines is 1. The average Bonchev–Trinajstić information content (AvgIpc) is 3.76. The Hall–Kier alpha value is -3.80. The number of aromatic nitrogens is 2. The van der Waals surface area contributed by atoms with Crippen molar-refractivity contribution in [3.63, 3.8) is 0 Å². The predicted molar refractivity (Wildman–Crippen MR) is 168 cm³/mol. The lowest BCUT2D eigenvalue weighted by Gasteiger charge is -2.27. The number of carbonyl (C=O) groups excluding carboxylic acids is 5. The van der Waals surface area contributed by atoms with Crippen molar-refractivity contribution in [1.82, 2.24) is 14.9 Å². The first-order chi connectivity index (χ1) is 21.1. The fourth-order valence-electron chi connectivity index (χ4n) is 4.59. The minimum absolute atomic E-state index is 0. The first-order valence-electron chi connectivity index (χ1n) is 13.3. The fourth-order valence-corrected chi connectivity index (χ4v) is 5.58. The standard InChI is InChI=1S/C27H26ClFN6O8S.2ClH/c28-22-4-3-21(44-22)25(38)35(24(37)13-42-26(39)19(30)7-15-9-31-14-32-15)11-17-10-34(27(40)43-17)20-2-1-16(8-18(20)29)33-5-6-41-12-23(33)36;;/h1-4,8-9,14,17,19H,5-7,10-13,30H2,(H,31,32);2*1H/t17-,19+;;/m1../s1. The Morgan fingerprint density at radius 2 is 2.00 bits per heavy atom. The summed E-state index contributed by atoms with van der Waals surface area (Å²) in [5.74, 6) is -3.64. The number of benzene rings is 1. The number of imide groups is 1. The Balaban J connectivity index is 0.00000288. The Morgan fingerprint density at radius 3 is 2.65 bits per heavy atom. The lowest BCUT2D eigenvalue weighted by atomic mass is 10.2. The molecule has 2 aliphatic rings. The van der Waals surface area contributed by atoms with Crippen molar-refractivity contribution >= 4 is 88.9 Å². The number of hydrogen-bond acceptors (Lipinski definition) is 11. The molecular weight excluding hydrogens is 694 g/mol. The van der Waals surface area contributed by atoms with Crippen molar-refractivity contribution < 1.29 is 42.6 Å².